The number of likely N-dealkylation sites (N-methyl/N-ethyl adjacent to an activating group) is 1. The lowest BCUT2D eigenvalue weighted by Gasteiger charge is -2.30. The molecule has 2 heterocycles. The molecule has 1 saturated carbocycles. The zero-order valence-electron chi connectivity index (χ0n) is 16.6. The summed E-state index contributed by atoms with van der Waals surface area (Å²) >= 11 is 0. The van der Waals surface area contributed by atoms with Crippen LogP contribution in [0.15, 0.2) is 24.5 Å². The molecule has 148 valence electrons. The van der Waals surface area contributed by atoms with Gasteiger partial charge in [-0.2, -0.15) is 0 Å². The molecule has 2 aliphatic rings. The highest BCUT2D eigenvalue weighted by Crippen LogP contribution is 2.29. The number of likely N-dealkylation sites (tertiary alicyclic amines) is 1. The molecule has 6 nitrogen and oxygen atoms in total. The van der Waals surface area contributed by atoms with E-state index in [0.29, 0.717) is 17.9 Å². The Balaban J connectivity index is 1.68. The number of amides is 2. The lowest BCUT2D eigenvalue weighted by atomic mass is 10.1. The van der Waals surface area contributed by atoms with E-state index in [4.69, 9.17) is 0 Å². The van der Waals surface area contributed by atoms with E-state index < -0.39 is 0 Å². The minimum atomic E-state index is -0.121. The molecule has 3 rings (SSSR count). The third-order valence-electron chi connectivity index (χ3n) is 5.99. The van der Waals surface area contributed by atoms with Gasteiger partial charge in [0.2, 0.25) is 5.91 Å². The van der Waals surface area contributed by atoms with Crippen LogP contribution in [0.25, 0.3) is 0 Å². The van der Waals surface area contributed by atoms with E-state index in [1.54, 1.807) is 24.5 Å². The first-order valence-electron chi connectivity index (χ1n) is 10.4. The molecule has 0 unspecified atom stereocenters. The number of nitrogens with zero attached hydrogens (tertiary/aromatic N) is 3. The number of pyridine rings is 1. The molecule has 1 saturated heterocycles. The summed E-state index contributed by atoms with van der Waals surface area (Å²) < 4.78 is 0. The molecule has 1 aliphatic carbocycles. The Kier molecular flexibility index (Phi) is 6.83. The summed E-state index contributed by atoms with van der Waals surface area (Å²) in [6.45, 7) is 7.24. The minimum Gasteiger partial charge on any atom is -0.348 e. The summed E-state index contributed by atoms with van der Waals surface area (Å²) in [6.07, 6.45) is 9.05. The van der Waals surface area contributed by atoms with Crippen molar-refractivity contribution in [3.63, 3.8) is 0 Å². The number of hydrogen-bond acceptors (Lipinski definition) is 4. The lowest BCUT2D eigenvalue weighted by Crippen LogP contribution is -2.46. The number of carbonyl (C=O) groups is 2. The predicted molar refractivity (Wildman–Crippen MR) is 105 cm³/mol. The van der Waals surface area contributed by atoms with Gasteiger partial charge in [-0.3, -0.25) is 19.5 Å². The van der Waals surface area contributed by atoms with Crippen molar-refractivity contribution in [1.29, 1.82) is 0 Å². The molecule has 0 bridgehead atoms. The molecule has 1 N–H and O–H groups in total. The van der Waals surface area contributed by atoms with Gasteiger partial charge >= 0.3 is 0 Å². The van der Waals surface area contributed by atoms with Crippen LogP contribution in [-0.2, 0) is 4.79 Å². The van der Waals surface area contributed by atoms with Crippen molar-refractivity contribution >= 4 is 11.8 Å². The summed E-state index contributed by atoms with van der Waals surface area (Å²) in [5.74, 6) is 0.783. The molecule has 2 atom stereocenters. The number of carbonyl (C=O) groups excluding carboxylic acids is 2. The lowest BCUT2D eigenvalue weighted by molar-refractivity contribution is -0.135. The van der Waals surface area contributed by atoms with E-state index in [9.17, 15) is 9.59 Å². The van der Waals surface area contributed by atoms with Crippen molar-refractivity contribution in [2.75, 3.05) is 26.2 Å². The largest absolute Gasteiger partial charge is 0.348 e. The number of rotatable bonds is 7. The maximum absolute atomic E-state index is 13.1. The van der Waals surface area contributed by atoms with Crippen molar-refractivity contribution in [2.45, 2.75) is 58.0 Å². The first-order chi connectivity index (χ1) is 13.1. The number of hydrogen-bond donors (Lipinski definition) is 1. The maximum atomic E-state index is 13.1. The SMILES string of the molecule is CCN(CC)C(=O)[C@@H]1C[C@H](NC(=O)c2cccnc2)CN1CC1CCCC1. The molecule has 0 aromatic carbocycles. The van der Waals surface area contributed by atoms with Crippen LogP contribution in [0.4, 0.5) is 0 Å². The van der Waals surface area contributed by atoms with Crippen LogP contribution in [-0.4, -0.2) is 64.9 Å². The summed E-state index contributed by atoms with van der Waals surface area (Å²) in [4.78, 5) is 33.8. The molecule has 1 aromatic rings. The summed E-state index contributed by atoms with van der Waals surface area (Å²) in [5.41, 5.74) is 0.568. The number of nitrogens with one attached hydrogen (secondary N) is 1. The fraction of sp³-hybridized carbons (Fsp3) is 0.667. The van der Waals surface area contributed by atoms with Crippen LogP contribution in [0.5, 0.6) is 0 Å². The molecule has 2 fully saturated rings. The van der Waals surface area contributed by atoms with Gasteiger partial charge in [0.05, 0.1) is 11.6 Å². The van der Waals surface area contributed by atoms with Crippen LogP contribution >= 0.6 is 0 Å². The van der Waals surface area contributed by atoms with E-state index in [1.807, 2.05) is 18.7 Å². The number of aromatic nitrogens is 1. The Hall–Kier alpha value is -1.95. The molecule has 1 aromatic heterocycles. The summed E-state index contributed by atoms with van der Waals surface area (Å²) in [7, 11) is 0. The fourth-order valence-corrected chi connectivity index (χ4v) is 4.50. The van der Waals surface area contributed by atoms with Gasteiger partial charge in [-0.1, -0.05) is 12.8 Å². The Morgan fingerprint density at radius 3 is 2.63 bits per heavy atom. The second-order valence-electron chi connectivity index (χ2n) is 7.78. The molecule has 0 radical (unpaired) electrons. The molecule has 2 amide bonds. The minimum absolute atomic E-state index is 0.00335. The first kappa shape index (κ1) is 19.8. The highest BCUT2D eigenvalue weighted by atomic mass is 16.2. The first-order valence-corrected chi connectivity index (χ1v) is 10.4. The average Bonchev–Trinajstić information content (AvgIpc) is 3.33. The molecule has 0 spiro atoms. The molecule has 27 heavy (non-hydrogen) atoms. The third kappa shape index (κ3) is 4.86. The van der Waals surface area contributed by atoms with Crippen molar-refractivity contribution in [3.05, 3.63) is 30.1 Å². The van der Waals surface area contributed by atoms with Crippen LogP contribution < -0.4 is 5.32 Å². The normalized spacial score (nSPS) is 23.5. The molecule has 6 heteroatoms. The van der Waals surface area contributed by atoms with Gasteiger partial charge in [-0.25, -0.2) is 0 Å². The van der Waals surface area contributed by atoms with Crippen molar-refractivity contribution < 1.29 is 9.59 Å². The van der Waals surface area contributed by atoms with Gasteiger partial charge in [0.25, 0.3) is 5.91 Å². The van der Waals surface area contributed by atoms with E-state index in [-0.39, 0.29) is 23.9 Å². The van der Waals surface area contributed by atoms with E-state index >= 15 is 0 Å². The summed E-state index contributed by atoms with van der Waals surface area (Å²) in [6, 6.07) is 3.42. The topological polar surface area (TPSA) is 65.5 Å². The smallest absolute Gasteiger partial charge is 0.253 e. The van der Waals surface area contributed by atoms with Gasteiger partial charge in [-0.05, 0) is 51.2 Å². The van der Waals surface area contributed by atoms with Gasteiger partial charge in [0.1, 0.15) is 0 Å². The van der Waals surface area contributed by atoms with E-state index in [2.05, 4.69) is 15.2 Å². The summed E-state index contributed by atoms with van der Waals surface area (Å²) in [5, 5.41) is 3.12. The van der Waals surface area contributed by atoms with Crippen LogP contribution in [0.1, 0.15) is 56.3 Å². The van der Waals surface area contributed by atoms with Gasteiger partial charge < -0.3 is 10.2 Å². The van der Waals surface area contributed by atoms with Crippen LogP contribution in [0.3, 0.4) is 0 Å². The molecular weight excluding hydrogens is 340 g/mol. The van der Waals surface area contributed by atoms with E-state index in [0.717, 1.165) is 26.2 Å². The van der Waals surface area contributed by atoms with Gasteiger partial charge in [0.15, 0.2) is 0 Å². The zero-order valence-corrected chi connectivity index (χ0v) is 16.6. The quantitative estimate of drug-likeness (QED) is 0.798. The third-order valence-corrected chi connectivity index (χ3v) is 5.99. The Bertz CT molecular complexity index is 626. The standard InChI is InChI=1S/C21H32N4O2/c1-3-24(4-2)21(27)19-12-18(15-25(19)14-16-8-5-6-9-16)23-20(26)17-10-7-11-22-13-17/h7,10-11,13,16,18-19H,3-6,8-9,12,14-15H2,1-2H3,(H,23,26)/t18-,19-/m0/s1. The monoisotopic (exact) mass is 372 g/mol. The van der Waals surface area contributed by atoms with Crippen molar-refractivity contribution in [1.82, 2.24) is 20.1 Å². The second kappa shape index (κ2) is 9.31. The Morgan fingerprint density at radius 2 is 2.00 bits per heavy atom. The molecule has 1 aliphatic heterocycles. The second-order valence-corrected chi connectivity index (χ2v) is 7.78. The van der Waals surface area contributed by atoms with Gasteiger partial charge in [-0.15, -0.1) is 0 Å². The highest BCUT2D eigenvalue weighted by Gasteiger charge is 2.40. The average molecular weight is 373 g/mol. The van der Waals surface area contributed by atoms with Crippen LogP contribution in [0.2, 0.25) is 0 Å². The van der Waals surface area contributed by atoms with E-state index in [1.165, 1.54) is 25.7 Å². The van der Waals surface area contributed by atoms with Crippen molar-refractivity contribution in [3.8, 4) is 0 Å². The zero-order chi connectivity index (χ0) is 19.2. The Labute approximate surface area is 162 Å². The molecular formula is C21H32N4O2. The Morgan fingerprint density at radius 1 is 1.26 bits per heavy atom. The fourth-order valence-electron chi connectivity index (χ4n) is 4.50. The van der Waals surface area contributed by atoms with Gasteiger partial charge in [0, 0.05) is 44.6 Å². The predicted octanol–water partition coefficient (Wildman–Crippen LogP) is 2.31. The van der Waals surface area contributed by atoms with Crippen molar-refractivity contribution in [2.24, 2.45) is 5.92 Å². The van der Waals surface area contributed by atoms with Crippen LogP contribution in [0, 0.1) is 5.92 Å². The highest BCUT2D eigenvalue weighted by molar-refractivity contribution is 5.94. The maximum Gasteiger partial charge on any atom is 0.253 e.